The Balaban J connectivity index is 0.00000122. The van der Waals surface area contributed by atoms with Gasteiger partial charge < -0.3 is 19.9 Å². The fraction of sp³-hybridized carbons (Fsp3) is 0.412. The standard InChI is InChI=1S/C16H21N5O4.CH2O2/c1-5-25-14(22)7-13-19-15(21-20-13)10(3)18-16(23)11-6-9(2)17-8-12(11)24-4;2-1-3/h6,8,10H,5,7H2,1-4H3,(H,18,23)(H,19,20,21);1H,(H,2,3). The Bertz CT molecular complexity index is 807. The molecule has 1 atom stereocenters. The number of ether oxygens (including phenoxy) is 2. The van der Waals surface area contributed by atoms with Crippen molar-refractivity contribution in [2.45, 2.75) is 33.2 Å². The van der Waals surface area contributed by atoms with Crippen LogP contribution in [0.15, 0.2) is 12.3 Å². The molecule has 0 fully saturated rings. The topological polar surface area (TPSA) is 156 Å². The van der Waals surface area contributed by atoms with E-state index in [-0.39, 0.29) is 24.8 Å². The third kappa shape index (κ3) is 6.67. The molecule has 0 saturated carbocycles. The Hall–Kier alpha value is -3.50. The van der Waals surface area contributed by atoms with Crippen LogP contribution in [0.3, 0.4) is 0 Å². The number of H-pyrrole nitrogens is 1. The number of amides is 1. The Labute approximate surface area is 161 Å². The lowest BCUT2D eigenvalue weighted by molar-refractivity contribution is -0.142. The number of carbonyl (C=O) groups is 3. The molecule has 2 rings (SSSR count). The number of carboxylic acid groups (broad SMARTS) is 1. The Morgan fingerprint density at radius 3 is 2.71 bits per heavy atom. The predicted molar refractivity (Wildman–Crippen MR) is 96.8 cm³/mol. The summed E-state index contributed by atoms with van der Waals surface area (Å²) in [5.74, 6) is 0.419. The minimum absolute atomic E-state index is 0.00111. The molecular formula is C17H23N5O6. The Morgan fingerprint density at radius 1 is 1.43 bits per heavy atom. The normalized spacial score (nSPS) is 10.9. The van der Waals surface area contributed by atoms with E-state index in [1.165, 1.54) is 13.3 Å². The Kier molecular flexibility index (Phi) is 9.07. The van der Waals surface area contributed by atoms with Crippen molar-refractivity contribution in [1.29, 1.82) is 0 Å². The van der Waals surface area contributed by atoms with Crippen LogP contribution in [0, 0.1) is 6.92 Å². The number of nitrogens with one attached hydrogen (secondary N) is 2. The van der Waals surface area contributed by atoms with Crippen LogP contribution in [0.5, 0.6) is 5.75 Å². The van der Waals surface area contributed by atoms with E-state index in [1.807, 2.05) is 0 Å². The van der Waals surface area contributed by atoms with Gasteiger partial charge in [-0.05, 0) is 26.8 Å². The molecule has 152 valence electrons. The molecule has 1 unspecified atom stereocenters. The van der Waals surface area contributed by atoms with Crippen molar-refractivity contribution in [3.8, 4) is 5.75 Å². The van der Waals surface area contributed by atoms with E-state index in [2.05, 4.69) is 25.5 Å². The molecule has 0 aliphatic heterocycles. The van der Waals surface area contributed by atoms with Gasteiger partial charge in [-0.2, -0.15) is 5.10 Å². The van der Waals surface area contributed by atoms with Crippen LogP contribution in [0.2, 0.25) is 0 Å². The third-order valence-electron chi connectivity index (χ3n) is 3.37. The molecule has 0 saturated heterocycles. The van der Waals surface area contributed by atoms with Crippen LogP contribution >= 0.6 is 0 Å². The van der Waals surface area contributed by atoms with Gasteiger partial charge in [-0.1, -0.05) is 0 Å². The number of hydrogen-bond acceptors (Lipinski definition) is 8. The van der Waals surface area contributed by atoms with Crippen LogP contribution < -0.4 is 10.1 Å². The van der Waals surface area contributed by atoms with Crippen LogP contribution in [-0.4, -0.2) is 57.3 Å². The lowest BCUT2D eigenvalue weighted by Gasteiger charge is -2.13. The average Bonchev–Trinajstić information content (AvgIpc) is 3.11. The van der Waals surface area contributed by atoms with Gasteiger partial charge in [-0.25, -0.2) is 4.98 Å². The minimum Gasteiger partial charge on any atom is -0.494 e. The molecule has 0 bridgehead atoms. The molecule has 3 N–H and O–H groups in total. The van der Waals surface area contributed by atoms with E-state index in [0.717, 1.165) is 0 Å². The van der Waals surface area contributed by atoms with Crippen molar-refractivity contribution < 1.29 is 29.0 Å². The van der Waals surface area contributed by atoms with Crippen molar-refractivity contribution in [1.82, 2.24) is 25.5 Å². The van der Waals surface area contributed by atoms with Gasteiger partial charge in [0.25, 0.3) is 12.4 Å². The number of esters is 1. The number of aryl methyl sites for hydroxylation is 1. The maximum absolute atomic E-state index is 12.5. The summed E-state index contributed by atoms with van der Waals surface area (Å²) in [6.07, 6.45) is 1.50. The molecule has 0 radical (unpaired) electrons. The summed E-state index contributed by atoms with van der Waals surface area (Å²) in [5, 5.41) is 16.4. The molecule has 0 aliphatic carbocycles. The van der Waals surface area contributed by atoms with Gasteiger partial charge in [0, 0.05) is 5.69 Å². The van der Waals surface area contributed by atoms with Crippen LogP contribution in [0.1, 0.15) is 47.6 Å². The van der Waals surface area contributed by atoms with E-state index in [0.29, 0.717) is 35.3 Å². The zero-order valence-electron chi connectivity index (χ0n) is 16.1. The summed E-state index contributed by atoms with van der Waals surface area (Å²) in [7, 11) is 1.48. The fourth-order valence-corrected chi connectivity index (χ4v) is 2.16. The van der Waals surface area contributed by atoms with Crippen LogP contribution in [0.25, 0.3) is 0 Å². The zero-order valence-corrected chi connectivity index (χ0v) is 16.1. The van der Waals surface area contributed by atoms with Crippen molar-refractivity contribution >= 4 is 18.3 Å². The van der Waals surface area contributed by atoms with Crippen LogP contribution in [-0.2, 0) is 20.7 Å². The van der Waals surface area contributed by atoms with Gasteiger partial charge in [-0.15, -0.1) is 0 Å². The number of nitrogens with zero attached hydrogens (tertiary/aromatic N) is 3. The summed E-state index contributed by atoms with van der Waals surface area (Å²) in [6, 6.07) is 1.18. The highest BCUT2D eigenvalue weighted by atomic mass is 16.5. The SMILES string of the molecule is CCOC(=O)Cc1nc(C(C)NC(=O)c2cc(C)ncc2OC)n[nH]1.O=CO. The van der Waals surface area contributed by atoms with E-state index >= 15 is 0 Å². The van der Waals surface area contributed by atoms with Crippen molar-refractivity contribution in [3.05, 3.63) is 35.2 Å². The lowest BCUT2D eigenvalue weighted by Crippen LogP contribution is -2.28. The second-order valence-electron chi connectivity index (χ2n) is 5.45. The van der Waals surface area contributed by atoms with E-state index in [4.69, 9.17) is 19.4 Å². The zero-order chi connectivity index (χ0) is 21.1. The Morgan fingerprint density at radius 2 is 2.11 bits per heavy atom. The number of rotatable bonds is 7. The van der Waals surface area contributed by atoms with Gasteiger partial charge in [0.05, 0.1) is 31.5 Å². The predicted octanol–water partition coefficient (Wildman–Crippen LogP) is 0.814. The third-order valence-corrected chi connectivity index (χ3v) is 3.37. The molecule has 1 amide bonds. The summed E-state index contributed by atoms with van der Waals surface area (Å²) in [5.41, 5.74) is 1.08. The minimum atomic E-state index is -0.460. The highest BCUT2D eigenvalue weighted by molar-refractivity contribution is 5.97. The first kappa shape index (κ1) is 22.5. The van der Waals surface area contributed by atoms with Gasteiger partial charge in [0.1, 0.15) is 18.0 Å². The highest BCUT2D eigenvalue weighted by Gasteiger charge is 2.19. The number of aromatic nitrogens is 4. The molecule has 0 aliphatic rings. The molecule has 2 heterocycles. The fourth-order valence-electron chi connectivity index (χ4n) is 2.16. The molecule has 11 nitrogen and oxygen atoms in total. The van der Waals surface area contributed by atoms with Crippen molar-refractivity contribution in [2.75, 3.05) is 13.7 Å². The first-order valence-corrected chi connectivity index (χ1v) is 8.32. The maximum Gasteiger partial charge on any atom is 0.313 e. The first-order chi connectivity index (χ1) is 13.4. The summed E-state index contributed by atoms with van der Waals surface area (Å²) >= 11 is 0. The smallest absolute Gasteiger partial charge is 0.313 e. The molecule has 28 heavy (non-hydrogen) atoms. The summed E-state index contributed by atoms with van der Waals surface area (Å²) in [6.45, 7) is 5.32. The van der Waals surface area contributed by atoms with Crippen molar-refractivity contribution in [2.24, 2.45) is 0 Å². The molecular weight excluding hydrogens is 370 g/mol. The molecule has 0 aromatic carbocycles. The maximum atomic E-state index is 12.5. The molecule has 11 heteroatoms. The molecule has 0 spiro atoms. The van der Waals surface area contributed by atoms with Crippen LogP contribution in [0.4, 0.5) is 0 Å². The summed E-state index contributed by atoms with van der Waals surface area (Å²) < 4.78 is 10.0. The van der Waals surface area contributed by atoms with Gasteiger partial charge >= 0.3 is 5.97 Å². The number of methoxy groups -OCH3 is 1. The molecule has 2 aromatic rings. The van der Waals surface area contributed by atoms with Crippen molar-refractivity contribution in [3.63, 3.8) is 0 Å². The van der Waals surface area contributed by atoms with Gasteiger partial charge in [-0.3, -0.25) is 24.5 Å². The highest BCUT2D eigenvalue weighted by Crippen LogP contribution is 2.18. The van der Waals surface area contributed by atoms with E-state index in [1.54, 1.807) is 26.8 Å². The monoisotopic (exact) mass is 393 g/mol. The van der Waals surface area contributed by atoms with Gasteiger partial charge in [0.2, 0.25) is 0 Å². The quantitative estimate of drug-likeness (QED) is 0.457. The number of pyridine rings is 1. The number of aromatic amines is 1. The largest absolute Gasteiger partial charge is 0.494 e. The van der Waals surface area contributed by atoms with Gasteiger partial charge in [0.15, 0.2) is 5.82 Å². The summed E-state index contributed by atoms with van der Waals surface area (Å²) in [4.78, 5) is 40.6. The van der Waals surface area contributed by atoms with E-state index in [9.17, 15) is 9.59 Å². The first-order valence-electron chi connectivity index (χ1n) is 8.32. The van der Waals surface area contributed by atoms with E-state index < -0.39 is 6.04 Å². The number of hydrogen-bond donors (Lipinski definition) is 3. The average molecular weight is 393 g/mol. The second-order valence-corrected chi connectivity index (χ2v) is 5.45. The molecule has 2 aromatic heterocycles. The second kappa shape index (κ2) is 11.3. The lowest BCUT2D eigenvalue weighted by atomic mass is 10.2. The number of carbonyl (C=O) groups excluding carboxylic acids is 2.